The minimum atomic E-state index is -3.31. The summed E-state index contributed by atoms with van der Waals surface area (Å²) in [6.07, 6.45) is 2.24. The summed E-state index contributed by atoms with van der Waals surface area (Å²) in [7, 11) is -3.31. The third-order valence-electron chi connectivity index (χ3n) is 5.00. The number of nitrogens with one attached hydrogen (secondary N) is 1. The minimum Gasteiger partial charge on any atom is -0.326 e. The molecule has 8 heteroatoms. The first-order valence-corrected chi connectivity index (χ1v) is 12.3. The van der Waals surface area contributed by atoms with Crippen LogP contribution in [0.5, 0.6) is 0 Å². The van der Waals surface area contributed by atoms with E-state index >= 15 is 0 Å². The Morgan fingerprint density at radius 3 is 2.47 bits per heavy atom. The third kappa shape index (κ3) is 4.29. The van der Waals surface area contributed by atoms with E-state index < -0.39 is 15.1 Å². The van der Waals surface area contributed by atoms with Crippen LogP contribution >= 0.6 is 11.8 Å². The molecule has 4 rings (SSSR count). The molecule has 0 unspecified atom stereocenters. The van der Waals surface area contributed by atoms with Gasteiger partial charge in [-0.15, -0.1) is 0 Å². The van der Waals surface area contributed by atoms with Crippen LogP contribution in [0.4, 0.5) is 5.69 Å². The number of aryl methyl sites for hydroxylation is 1. The zero-order valence-electron chi connectivity index (χ0n) is 16.8. The molecule has 1 amide bonds. The summed E-state index contributed by atoms with van der Waals surface area (Å²) >= 11 is 1.76. The van der Waals surface area contributed by atoms with Crippen molar-refractivity contribution in [3.63, 3.8) is 0 Å². The van der Waals surface area contributed by atoms with Gasteiger partial charge in [-0.05, 0) is 43.7 Å². The number of rotatable bonds is 6. The Hall–Kier alpha value is -2.58. The van der Waals surface area contributed by atoms with Crippen molar-refractivity contribution >= 4 is 33.2 Å². The lowest BCUT2D eigenvalue weighted by atomic mass is 10.1. The lowest BCUT2D eigenvalue weighted by Gasteiger charge is -2.09. The Morgan fingerprint density at radius 2 is 1.83 bits per heavy atom. The Morgan fingerprint density at radius 1 is 1.13 bits per heavy atom. The minimum absolute atomic E-state index is 0.153. The molecule has 0 aliphatic carbocycles. The molecule has 30 heavy (non-hydrogen) atoms. The number of aromatic nitrogens is 2. The molecule has 156 valence electrons. The summed E-state index contributed by atoms with van der Waals surface area (Å²) in [4.78, 5) is 17.3. The number of amides is 1. The SMILES string of the molecule is CC(C)S(=O)(=O)c1ccc(CC(=O)Nc2ccc(-c3cn4c(n3)SCC4)cc2)cc1. The molecule has 0 bridgehead atoms. The highest BCUT2D eigenvalue weighted by molar-refractivity contribution is 7.99. The van der Waals surface area contributed by atoms with E-state index in [-0.39, 0.29) is 17.2 Å². The number of thioether (sulfide) groups is 1. The van der Waals surface area contributed by atoms with Crippen molar-refractivity contribution in [1.82, 2.24) is 9.55 Å². The van der Waals surface area contributed by atoms with Crippen LogP contribution in [0.1, 0.15) is 19.4 Å². The smallest absolute Gasteiger partial charge is 0.228 e. The number of nitrogens with zero attached hydrogens (tertiary/aromatic N) is 2. The number of carbonyl (C=O) groups excluding carboxylic acids is 1. The van der Waals surface area contributed by atoms with Crippen LogP contribution in [0.15, 0.2) is 64.8 Å². The second-order valence-electron chi connectivity index (χ2n) is 7.49. The predicted octanol–water partition coefficient (Wildman–Crippen LogP) is 4.02. The van der Waals surface area contributed by atoms with Crippen LogP contribution in [0.25, 0.3) is 11.3 Å². The van der Waals surface area contributed by atoms with Crippen molar-refractivity contribution in [3.8, 4) is 11.3 Å². The van der Waals surface area contributed by atoms with Gasteiger partial charge in [0.05, 0.1) is 22.3 Å². The van der Waals surface area contributed by atoms with Crippen molar-refractivity contribution in [3.05, 3.63) is 60.3 Å². The van der Waals surface area contributed by atoms with Gasteiger partial charge >= 0.3 is 0 Å². The third-order valence-corrected chi connectivity index (χ3v) is 8.15. The fraction of sp³-hybridized carbons (Fsp3) is 0.273. The van der Waals surface area contributed by atoms with Gasteiger partial charge < -0.3 is 9.88 Å². The second-order valence-corrected chi connectivity index (χ2v) is 11.1. The number of carbonyl (C=O) groups is 1. The van der Waals surface area contributed by atoms with Crippen LogP contribution < -0.4 is 5.32 Å². The first kappa shape index (κ1) is 20.7. The average molecular weight is 442 g/mol. The molecule has 3 aromatic rings. The topological polar surface area (TPSA) is 81.1 Å². The maximum atomic E-state index is 12.4. The molecule has 2 aromatic carbocycles. The lowest BCUT2D eigenvalue weighted by Crippen LogP contribution is -2.15. The van der Waals surface area contributed by atoms with Crippen molar-refractivity contribution in [1.29, 1.82) is 0 Å². The van der Waals surface area contributed by atoms with Crippen LogP contribution in [-0.4, -0.2) is 34.9 Å². The number of imidazole rings is 1. The molecule has 1 aliphatic heterocycles. The van der Waals surface area contributed by atoms with Crippen molar-refractivity contribution in [2.45, 2.75) is 42.1 Å². The summed E-state index contributed by atoms with van der Waals surface area (Å²) in [6, 6.07) is 14.1. The number of sulfone groups is 1. The Labute approximate surface area is 180 Å². The molecule has 1 aromatic heterocycles. The van der Waals surface area contributed by atoms with Gasteiger partial charge in [0.1, 0.15) is 0 Å². The van der Waals surface area contributed by atoms with Gasteiger partial charge in [0.2, 0.25) is 5.91 Å². The van der Waals surface area contributed by atoms with Gasteiger partial charge in [0.25, 0.3) is 0 Å². The molecule has 0 fully saturated rings. The molecule has 0 saturated heterocycles. The molecule has 0 saturated carbocycles. The summed E-state index contributed by atoms with van der Waals surface area (Å²) < 4.78 is 26.5. The number of fused-ring (bicyclic) bond motifs is 1. The van der Waals surface area contributed by atoms with E-state index in [2.05, 4.69) is 21.1 Å². The van der Waals surface area contributed by atoms with Gasteiger partial charge in [-0.1, -0.05) is 36.0 Å². The van der Waals surface area contributed by atoms with E-state index in [0.717, 1.165) is 34.3 Å². The molecule has 1 aliphatic rings. The van der Waals surface area contributed by atoms with Gasteiger partial charge in [-0.3, -0.25) is 4.79 Å². The highest BCUT2D eigenvalue weighted by Crippen LogP contribution is 2.29. The molecular weight excluding hydrogens is 418 g/mol. The Kier molecular flexibility index (Phi) is 5.71. The van der Waals surface area contributed by atoms with Crippen LogP contribution in [0.3, 0.4) is 0 Å². The standard InChI is InChI=1S/C22H23N3O3S2/c1-15(2)30(27,28)19-9-3-16(4-10-19)13-21(26)23-18-7-5-17(6-8-18)20-14-25-11-12-29-22(25)24-20/h3-10,14-15H,11-13H2,1-2H3,(H,23,26). The summed E-state index contributed by atoms with van der Waals surface area (Å²) in [5.41, 5.74) is 3.42. The Balaban J connectivity index is 1.38. The quantitative estimate of drug-likeness (QED) is 0.625. The van der Waals surface area contributed by atoms with Crippen molar-refractivity contribution in [2.75, 3.05) is 11.1 Å². The van der Waals surface area contributed by atoms with E-state index in [1.165, 1.54) is 0 Å². The first-order valence-electron chi connectivity index (χ1n) is 9.76. The fourth-order valence-electron chi connectivity index (χ4n) is 3.23. The maximum Gasteiger partial charge on any atom is 0.228 e. The first-order chi connectivity index (χ1) is 14.3. The van der Waals surface area contributed by atoms with Crippen molar-refractivity contribution < 1.29 is 13.2 Å². The maximum absolute atomic E-state index is 12.4. The average Bonchev–Trinajstić information content (AvgIpc) is 3.31. The van der Waals surface area contributed by atoms with Crippen LogP contribution in [-0.2, 0) is 27.6 Å². The van der Waals surface area contributed by atoms with E-state index in [0.29, 0.717) is 5.69 Å². The largest absolute Gasteiger partial charge is 0.326 e. The Bertz CT molecular complexity index is 1140. The van der Waals surface area contributed by atoms with Gasteiger partial charge in [0, 0.05) is 29.7 Å². The number of anilines is 1. The van der Waals surface area contributed by atoms with E-state index in [4.69, 9.17) is 0 Å². The summed E-state index contributed by atoms with van der Waals surface area (Å²) in [5.74, 6) is 0.920. The van der Waals surface area contributed by atoms with Gasteiger partial charge in [-0.25, -0.2) is 13.4 Å². The fourth-order valence-corrected chi connectivity index (χ4v) is 5.24. The zero-order chi connectivity index (χ0) is 21.3. The highest BCUT2D eigenvalue weighted by atomic mass is 32.2. The van der Waals surface area contributed by atoms with Gasteiger partial charge in [0.15, 0.2) is 15.0 Å². The molecule has 1 N–H and O–H groups in total. The second kappa shape index (κ2) is 8.28. The summed E-state index contributed by atoms with van der Waals surface area (Å²) in [5, 5.41) is 3.46. The molecule has 6 nitrogen and oxygen atoms in total. The van der Waals surface area contributed by atoms with Crippen LogP contribution in [0.2, 0.25) is 0 Å². The molecule has 2 heterocycles. The lowest BCUT2D eigenvalue weighted by molar-refractivity contribution is -0.115. The van der Waals surface area contributed by atoms with Crippen molar-refractivity contribution in [2.24, 2.45) is 0 Å². The number of benzene rings is 2. The van der Waals surface area contributed by atoms with E-state index in [1.54, 1.807) is 49.9 Å². The molecular formula is C22H23N3O3S2. The highest BCUT2D eigenvalue weighted by Gasteiger charge is 2.19. The van der Waals surface area contributed by atoms with Crippen LogP contribution in [0, 0.1) is 0 Å². The van der Waals surface area contributed by atoms with E-state index in [1.807, 2.05) is 24.3 Å². The molecule has 0 spiro atoms. The van der Waals surface area contributed by atoms with E-state index in [9.17, 15) is 13.2 Å². The summed E-state index contributed by atoms with van der Waals surface area (Å²) in [6.45, 7) is 4.30. The normalized spacial score (nSPS) is 13.4. The number of hydrogen-bond acceptors (Lipinski definition) is 5. The molecule has 0 radical (unpaired) electrons. The molecule has 0 atom stereocenters. The number of hydrogen-bond donors (Lipinski definition) is 1. The zero-order valence-corrected chi connectivity index (χ0v) is 18.5. The van der Waals surface area contributed by atoms with Gasteiger partial charge in [-0.2, -0.15) is 0 Å². The monoisotopic (exact) mass is 441 g/mol. The predicted molar refractivity (Wildman–Crippen MR) is 119 cm³/mol.